The second-order valence-electron chi connectivity index (χ2n) is 4.69. The van der Waals surface area contributed by atoms with Gasteiger partial charge >= 0.3 is 0 Å². The highest BCUT2D eigenvalue weighted by atomic mass is 35.5. The Hall–Kier alpha value is -1.35. The molecule has 4 heteroatoms. The minimum Gasteiger partial charge on any atom is -0.294 e. The number of rotatable bonds is 4. The molecule has 0 amide bonds. The summed E-state index contributed by atoms with van der Waals surface area (Å²) in [7, 11) is 0. The first-order valence-electron chi connectivity index (χ1n) is 6.30. The zero-order chi connectivity index (χ0) is 13.1. The summed E-state index contributed by atoms with van der Waals surface area (Å²) in [5, 5.41) is 8.67. The van der Waals surface area contributed by atoms with Crippen molar-refractivity contribution in [2.24, 2.45) is 0 Å². The highest BCUT2D eigenvalue weighted by Crippen LogP contribution is 2.29. The number of nitrogens with zero attached hydrogens (tertiary/aromatic N) is 3. The van der Waals surface area contributed by atoms with Crippen LogP contribution in [0.5, 0.6) is 0 Å². The lowest BCUT2D eigenvalue weighted by atomic mass is 10.0. The van der Waals surface area contributed by atoms with E-state index < -0.39 is 0 Å². The van der Waals surface area contributed by atoms with Crippen LogP contribution in [-0.4, -0.2) is 14.8 Å². The Kier molecular flexibility index (Phi) is 4.02. The Labute approximate surface area is 113 Å². The van der Waals surface area contributed by atoms with E-state index in [0.29, 0.717) is 11.2 Å². The predicted octanol–water partition coefficient (Wildman–Crippen LogP) is 4.05. The summed E-state index contributed by atoms with van der Waals surface area (Å²) in [5.74, 6) is 1.25. The Bertz CT molecular complexity index is 505. The molecule has 0 bridgehead atoms. The fourth-order valence-electron chi connectivity index (χ4n) is 2.21. The Morgan fingerprint density at radius 1 is 1.17 bits per heavy atom. The molecule has 0 aliphatic heterocycles. The van der Waals surface area contributed by atoms with E-state index in [1.165, 1.54) is 5.56 Å². The van der Waals surface area contributed by atoms with Crippen molar-refractivity contribution in [3.63, 3.8) is 0 Å². The van der Waals surface area contributed by atoms with Gasteiger partial charge in [-0.15, -0.1) is 10.2 Å². The first-order chi connectivity index (χ1) is 8.65. The molecular weight excluding hydrogens is 246 g/mol. The van der Waals surface area contributed by atoms with Gasteiger partial charge in [-0.2, -0.15) is 0 Å². The molecule has 1 aromatic heterocycles. The molecule has 2 rings (SSSR count). The molecule has 0 spiro atoms. The molecule has 3 nitrogen and oxygen atoms in total. The van der Waals surface area contributed by atoms with Gasteiger partial charge in [0.15, 0.2) is 0 Å². The quantitative estimate of drug-likeness (QED) is 0.833. The van der Waals surface area contributed by atoms with E-state index in [9.17, 15) is 0 Å². The van der Waals surface area contributed by atoms with Crippen LogP contribution < -0.4 is 0 Å². The topological polar surface area (TPSA) is 30.7 Å². The van der Waals surface area contributed by atoms with Gasteiger partial charge in [-0.3, -0.25) is 4.57 Å². The van der Waals surface area contributed by atoms with Crippen molar-refractivity contribution in [3.05, 3.63) is 47.0 Å². The van der Waals surface area contributed by atoms with Gasteiger partial charge in [-0.05, 0) is 23.6 Å². The number of aromatic nitrogens is 3. The predicted molar refractivity (Wildman–Crippen MR) is 74.0 cm³/mol. The third kappa shape index (κ3) is 2.41. The summed E-state index contributed by atoms with van der Waals surface area (Å²) in [6, 6.07) is 10.6. The second kappa shape index (κ2) is 5.53. The van der Waals surface area contributed by atoms with Crippen molar-refractivity contribution in [2.75, 3.05) is 0 Å². The Balaban J connectivity index is 2.48. The lowest BCUT2D eigenvalue weighted by Crippen LogP contribution is -2.14. The molecule has 1 unspecified atom stereocenters. The van der Waals surface area contributed by atoms with Crippen molar-refractivity contribution < 1.29 is 0 Å². The van der Waals surface area contributed by atoms with Gasteiger partial charge in [0, 0.05) is 5.92 Å². The lowest BCUT2D eigenvalue weighted by molar-refractivity contribution is 0.527. The summed E-state index contributed by atoms with van der Waals surface area (Å²) >= 11 is 6.20. The Morgan fingerprint density at radius 3 is 2.39 bits per heavy atom. The van der Waals surface area contributed by atoms with Crippen LogP contribution in [-0.2, 0) is 0 Å². The van der Waals surface area contributed by atoms with Gasteiger partial charge in [0.1, 0.15) is 5.82 Å². The summed E-state index contributed by atoms with van der Waals surface area (Å²) in [6.45, 7) is 6.36. The molecule has 0 radical (unpaired) electrons. The van der Waals surface area contributed by atoms with Crippen molar-refractivity contribution >= 4 is 11.6 Å². The molecule has 0 N–H and O–H groups in total. The lowest BCUT2D eigenvalue weighted by Gasteiger charge is -2.21. The normalized spacial score (nSPS) is 12.9. The maximum Gasteiger partial charge on any atom is 0.225 e. The minimum absolute atomic E-state index is 0.200. The van der Waals surface area contributed by atoms with Gasteiger partial charge < -0.3 is 0 Å². The summed E-state index contributed by atoms with van der Waals surface area (Å²) in [6.07, 6.45) is 0.960. The maximum absolute atomic E-state index is 6.20. The number of hydrogen-bond acceptors (Lipinski definition) is 2. The highest BCUT2D eigenvalue weighted by molar-refractivity contribution is 6.28. The number of halogens is 1. The smallest absolute Gasteiger partial charge is 0.225 e. The van der Waals surface area contributed by atoms with Crippen LogP contribution in [0.4, 0.5) is 0 Å². The summed E-state index contributed by atoms with van der Waals surface area (Å²) in [5.41, 5.74) is 1.24. The monoisotopic (exact) mass is 263 g/mol. The highest BCUT2D eigenvalue weighted by Gasteiger charge is 2.21. The molecular formula is C14H18ClN3. The van der Waals surface area contributed by atoms with Crippen molar-refractivity contribution in [3.8, 4) is 0 Å². The number of hydrogen-bond donors (Lipinski definition) is 0. The van der Waals surface area contributed by atoms with Crippen LogP contribution in [0.15, 0.2) is 30.3 Å². The van der Waals surface area contributed by atoms with E-state index in [2.05, 4.69) is 43.1 Å². The van der Waals surface area contributed by atoms with Gasteiger partial charge in [0.2, 0.25) is 5.28 Å². The summed E-state index contributed by atoms with van der Waals surface area (Å²) < 4.78 is 2.04. The first-order valence-corrected chi connectivity index (χ1v) is 6.68. The van der Waals surface area contributed by atoms with Crippen molar-refractivity contribution in [1.29, 1.82) is 0 Å². The minimum atomic E-state index is 0.200. The molecule has 96 valence electrons. The van der Waals surface area contributed by atoms with Crippen molar-refractivity contribution in [1.82, 2.24) is 14.8 Å². The molecule has 0 fully saturated rings. The van der Waals surface area contributed by atoms with Crippen LogP contribution in [0, 0.1) is 0 Å². The van der Waals surface area contributed by atoms with Crippen LogP contribution >= 0.6 is 11.6 Å². The Morgan fingerprint density at radius 2 is 1.83 bits per heavy atom. The zero-order valence-corrected chi connectivity index (χ0v) is 11.7. The summed E-state index contributed by atoms with van der Waals surface area (Å²) in [4.78, 5) is 0. The van der Waals surface area contributed by atoms with Crippen LogP contribution in [0.2, 0.25) is 5.28 Å². The SMILES string of the molecule is CCC(c1ccccc1)n1c(Cl)nnc1C(C)C. The largest absolute Gasteiger partial charge is 0.294 e. The van der Waals surface area contributed by atoms with E-state index in [-0.39, 0.29) is 6.04 Å². The third-order valence-corrected chi connectivity index (χ3v) is 3.34. The molecule has 18 heavy (non-hydrogen) atoms. The molecule has 0 saturated heterocycles. The molecule has 1 aromatic carbocycles. The average Bonchev–Trinajstić information content (AvgIpc) is 2.74. The van der Waals surface area contributed by atoms with E-state index in [1.807, 2.05) is 22.8 Å². The standard InChI is InChI=1S/C14H18ClN3/c1-4-12(11-8-6-5-7-9-11)18-13(10(2)3)16-17-14(18)15/h5-10,12H,4H2,1-3H3. The van der Waals surface area contributed by atoms with E-state index in [4.69, 9.17) is 11.6 Å². The molecule has 0 aliphatic rings. The van der Waals surface area contributed by atoms with Crippen LogP contribution in [0.3, 0.4) is 0 Å². The van der Waals surface area contributed by atoms with Gasteiger partial charge in [0.05, 0.1) is 6.04 Å². The van der Waals surface area contributed by atoms with E-state index in [1.54, 1.807) is 0 Å². The maximum atomic E-state index is 6.20. The molecule has 1 heterocycles. The number of benzene rings is 1. The van der Waals surface area contributed by atoms with Gasteiger partial charge in [0.25, 0.3) is 0 Å². The molecule has 0 aliphatic carbocycles. The van der Waals surface area contributed by atoms with Crippen LogP contribution in [0.25, 0.3) is 0 Å². The van der Waals surface area contributed by atoms with E-state index in [0.717, 1.165) is 12.2 Å². The molecule has 1 atom stereocenters. The molecule has 2 aromatic rings. The first kappa shape index (κ1) is 13.1. The van der Waals surface area contributed by atoms with Gasteiger partial charge in [-0.1, -0.05) is 51.1 Å². The zero-order valence-electron chi connectivity index (χ0n) is 11.0. The third-order valence-electron chi connectivity index (χ3n) is 3.08. The van der Waals surface area contributed by atoms with Crippen molar-refractivity contribution in [2.45, 2.75) is 39.2 Å². The molecule has 0 saturated carbocycles. The van der Waals surface area contributed by atoms with Gasteiger partial charge in [-0.25, -0.2) is 0 Å². The average molecular weight is 264 g/mol. The fraction of sp³-hybridized carbons (Fsp3) is 0.429. The second-order valence-corrected chi connectivity index (χ2v) is 5.02. The fourth-order valence-corrected chi connectivity index (χ4v) is 2.45. The van der Waals surface area contributed by atoms with E-state index >= 15 is 0 Å². The van der Waals surface area contributed by atoms with Crippen LogP contribution in [0.1, 0.15) is 50.5 Å².